The van der Waals surface area contributed by atoms with Crippen molar-refractivity contribution in [2.45, 2.75) is 33.0 Å². The second-order valence-electron chi connectivity index (χ2n) is 7.37. The molecule has 4 rings (SSSR count). The van der Waals surface area contributed by atoms with Crippen LogP contribution in [0.1, 0.15) is 20.3 Å². The second kappa shape index (κ2) is 8.62. The average molecular weight is 389 g/mol. The molecule has 1 unspecified atom stereocenters. The molecule has 150 valence electrons. The minimum Gasteiger partial charge on any atom is -0.325 e. The first-order valence-electron chi connectivity index (χ1n) is 10.4. The first-order chi connectivity index (χ1) is 14.2. The minimum absolute atomic E-state index is 0.132. The van der Waals surface area contributed by atoms with Gasteiger partial charge in [0.15, 0.2) is 0 Å². The van der Waals surface area contributed by atoms with E-state index < -0.39 is 0 Å². The van der Waals surface area contributed by atoms with E-state index in [9.17, 15) is 4.79 Å². The van der Waals surface area contributed by atoms with Crippen molar-refractivity contribution < 1.29 is 4.79 Å². The standard InChI is InChI=1S/C24H28N4O/c1-3-26(4-2)22-15-16-27(22)23(29)18-28-24(20-13-9-6-10-14-20)21(17-25-28)19-11-7-5-8-12-19/h5-14,17,22H,3-4,15-16,18H2,1-2H3. The molecule has 0 N–H and O–H groups in total. The van der Waals surface area contributed by atoms with E-state index in [2.05, 4.69) is 48.1 Å². The molecule has 0 radical (unpaired) electrons. The van der Waals surface area contributed by atoms with Crippen LogP contribution in [0.3, 0.4) is 0 Å². The highest BCUT2D eigenvalue weighted by Crippen LogP contribution is 2.32. The molecule has 1 fully saturated rings. The number of amides is 1. The van der Waals surface area contributed by atoms with E-state index in [1.54, 1.807) is 0 Å². The third-order valence-corrected chi connectivity index (χ3v) is 5.80. The van der Waals surface area contributed by atoms with Crippen molar-refractivity contribution in [1.29, 1.82) is 0 Å². The quantitative estimate of drug-likeness (QED) is 0.611. The molecule has 5 heteroatoms. The normalized spacial score (nSPS) is 16.1. The first-order valence-corrected chi connectivity index (χ1v) is 10.4. The predicted octanol–water partition coefficient (Wildman–Crippen LogP) is 4.12. The van der Waals surface area contributed by atoms with Gasteiger partial charge in [-0.15, -0.1) is 0 Å². The maximum absolute atomic E-state index is 13.1. The Morgan fingerprint density at radius 1 is 1.00 bits per heavy atom. The van der Waals surface area contributed by atoms with Crippen LogP contribution >= 0.6 is 0 Å². The molecule has 1 amide bonds. The topological polar surface area (TPSA) is 41.4 Å². The number of aromatic nitrogens is 2. The highest BCUT2D eigenvalue weighted by atomic mass is 16.2. The van der Waals surface area contributed by atoms with Crippen molar-refractivity contribution in [3.8, 4) is 22.4 Å². The van der Waals surface area contributed by atoms with Crippen LogP contribution in [0.25, 0.3) is 22.4 Å². The van der Waals surface area contributed by atoms with Gasteiger partial charge in [-0.05, 0) is 25.1 Å². The second-order valence-corrected chi connectivity index (χ2v) is 7.37. The minimum atomic E-state index is 0.132. The van der Waals surface area contributed by atoms with Gasteiger partial charge in [-0.25, -0.2) is 0 Å². The molecule has 0 aliphatic carbocycles. The summed E-state index contributed by atoms with van der Waals surface area (Å²) in [5.74, 6) is 0.132. The lowest BCUT2D eigenvalue weighted by Gasteiger charge is -2.46. The molecular formula is C24H28N4O. The number of benzene rings is 2. The lowest BCUT2D eigenvalue weighted by Crippen LogP contribution is -2.60. The fraction of sp³-hybridized carbons (Fsp3) is 0.333. The highest BCUT2D eigenvalue weighted by molar-refractivity contribution is 5.83. The Hall–Kier alpha value is -2.92. The van der Waals surface area contributed by atoms with Gasteiger partial charge in [0.25, 0.3) is 0 Å². The molecule has 1 aliphatic rings. The summed E-state index contributed by atoms with van der Waals surface area (Å²) in [5.41, 5.74) is 4.22. The molecule has 1 aliphatic heterocycles. The van der Waals surface area contributed by atoms with Crippen molar-refractivity contribution in [2.24, 2.45) is 0 Å². The fourth-order valence-electron chi connectivity index (χ4n) is 4.14. The van der Waals surface area contributed by atoms with Crippen molar-refractivity contribution in [2.75, 3.05) is 19.6 Å². The van der Waals surface area contributed by atoms with Gasteiger partial charge in [0, 0.05) is 17.7 Å². The average Bonchev–Trinajstić information content (AvgIpc) is 3.15. The van der Waals surface area contributed by atoms with Crippen molar-refractivity contribution in [3.63, 3.8) is 0 Å². The number of likely N-dealkylation sites (tertiary alicyclic amines) is 1. The predicted molar refractivity (Wildman–Crippen MR) is 116 cm³/mol. The van der Waals surface area contributed by atoms with Gasteiger partial charge >= 0.3 is 0 Å². The van der Waals surface area contributed by atoms with Crippen LogP contribution in [0.4, 0.5) is 0 Å². The van der Waals surface area contributed by atoms with Crippen LogP contribution in [-0.2, 0) is 11.3 Å². The zero-order chi connectivity index (χ0) is 20.2. The summed E-state index contributed by atoms with van der Waals surface area (Å²) in [6, 6.07) is 20.4. The maximum atomic E-state index is 13.1. The van der Waals surface area contributed by atoms with Crippen LogP contribution in [0.2, 0.25) is 0 Å². The van der Waals surface area contributed by atoms with Gasteiger partial charge in [-0.1, -0.05) is 74.5 Å². The molecular weight excluding hydrogens is 360 g/mol. The molecule has 29 heavy (non-hydrogen) atoms. The van der Waals surface area contributed by atoms with Gasteiger partial charge in [0.2, 0.25) is 5.91 Å². The van der Waals surface area contributed by atoms with E-state index in [-0.39, 0.29) is 18.6 Å². The summed E-state index contributed by atoms with van der Waals surface area (Å²) in [5, 5.41) is 4.62. The Kier molecular flexibility index (Phi) is 5.76. The zero-order valence-electron chi connectivity index (χ0n) is 17.2. The Morgan fingerprint density at radius 3 is 2.17 bits per heavy atom. The van der Waals surface area contributed by atoms with Crippen LogP contribution in [0, 0.1) is 0 Å². The monoisotopic (exact) mass is 388 g/mol. The summed E-state index contributed by atoms with van der Waals surface area (Å²) in [7, 11) is 0. The smallest absolute Gasteiger partial charge is 0.245 e. The van der Waals surface area contributed by atoms with Gasteiger partial charge in [0.1, 0.15) is 6.54 Å². The molecule has 5 nitrogen and oxygen atoms in total. The highest BCUT2D eigenvalue weighted by Gasteiger charge is 2.35. The number of rotatable bonds is 7. The van der Waals surface area contributed by atoms with Gasteiger partial charge in [-0.3, -0.25) is 14.4 Å². The third-order valence-electron chi connectivity index (χ3n) is 5.80. The maximum Gasteiger partial charge on any atom is 0.245 e. The molecule has 1 atom stereocenters. The molecule has 0 saturated carbocycles. The summed E-state index contributed by atoms with van der Waals surface area (Å²) in [6.45, 7) is 7.30. The van der Waals surface area contributed by atoms with Crippen molar-refractivity contribution in [3.05, 3.63) is 66.9 Å². The first kappa shape index (κ1) is 19.4. The van der Waals surface area contributed by atoms with Gasteiger partial charge < -0.3 is 4.90 Å². The number of carbonyl (C=O) groups excluding carboxylic acids is 1. The summed E-state index contributed by atoms with van der Waals surface area (Å²) >= 11 is 0. The Balaban J connectivity index is 1.64. The largest absolute Gasteiger partial charge is 0.325 e. The molecule has 2 heterocycles. The van der Waals surface area contributed by atoms with Gasteiger partial charge in [0.05, 0.1) is 18.1 Å². The van der Waals surface area contributed by atoms with Gasteiger partial charge in [-0.2, -0.15) is 5.10 Å². The molecule has 3 aromatic rings. The van der Waals surface area contributed by atoms with Crippen LogP contribution in [0.5, 0.6) is 0 Å². The zero-order valence-corrected chi connectivity index (χ0v) is 17.2. The molecule has 2 aromatic carbocycles. The number of nitrogens with zero attached hydrogens (tertiary/aromatic N) is 4. The molecule has 1 aromatic heterocycles. The van der Waals surface area contributed by atoms with Crippen LogP contribution < -0.4 is 0 Å². The SMILES string of the molecule is CCN(CC)C1CCN1C(=O)Cn1ncc(-c2ccccc2)c1-c1ccccc1. The number of hydrogen-bond donors (Lipinski definition) is 0. The Labute approximate surface area is 172 Å². The van der Waals surface area contributed by atoms with E-state index in [0.717, 1.165) is 48.4 Å². The lowest BCUT2D eigenvalue weighted by molar-refractivity contribution is -0.147. The fourth-order valence-corrected chi connectivity index (χ4v) is 4.14. The lowest BCUT2D eigenvalue weighted by atomic mass is 10.0. The van der Waals surface area contributed by atoms with E-state index in [0.29, 0.717) is 0 Å². The molecule has 0 spiro atoms. The van der Waals surface area contributed by atoms with E-state index >= 15 is 0 Å². The number of carbonyl (C=O) groups is 1. The van der Waals surface area contributed by atoms with Crippen LogP contribution in [0.15, 0.2) is 66.9 Å². The van der Waals surface area contributed by atoms with E-state index in [1.165, 1.54) is 0 Å². The molecule has 1 saturated heterocycles. The van der Waals surface area contributed by atoms with Crippen molar-refractivity contribution >= 4 is 5.91 Å². The van der Waals surface area contributed by atoms with Crippen LogP contribution in [-0.4, -0.2) is 51.3 Å². The molecule has 0 bridgehead atoms. The summed E-state index contributed by atoms with van der Waals surface area (Å²) < 4.78 is 1.86. The Morgan fingerprint density at radius 2 is 1.62 bits per heavy atom. The summed E-state index contributed by atoms with van der Waals surface area (Å²) in [4.78, 5) is 17.4. The van der Waals surface area contributed by atoms with Crippen molar-refractivity contribution in [1.82, 2.24) is 19.6 Å². The van der Waals surface area contributed by atoms with E-state index in [4.69, 9.17) is 0 Å². The summed E-state index contributed by atoms with van der Waals surface area (Å²) in [6.07, 6.45) is 3.15. The van der Waals surface area contributed by atoms with E-state index in [1.807, 2.05) is 52.2 Å². The third kappa shape index (κ3) is 3.83. The number of hydrogen-bond acceptors (Lipinski definition) is 3. The Bertz CT molecular complexity index is 948.